The molecule has 0 aliphatic heterocycles. The molecule has 0 unspecified atom stereocenters. The minimum Gasteiger partial charge on any atom is -0.465 e. The topological polar surface area (TPSA) is 89.9 Å². The number of rotatable bonds is 3. The number of anilines is 2. The Kier molecular flexibility index (Phi) is 3.61. The van der Waals surface area contributed by atoms with Gasteiger partial charge in [0.25, 0.3) is 0 Å². The Bertz CT molecular complexity index is 845. The maximum absolute atomic E-state index is 11.6. The van der Waals surface area contributed by atoms with Crippen LogP contribution in [-0.2, 0) is 4.74 Å². The van der Waals surface area contributed by atoms with Crippen LogP contribution in [0.1, 0.15) is 15.9 Å². The minimum atomic E-state index is -0.391. The zero-order chi connectivity index (χ0) is 15.5. The molecule has 0 aliphatic carbocycles. The van der Waals surface area contributed by atoms with Crippen LogP contribution < -0.4 is 5.32 Å². The molecule has 22 heavy (non-hydrogen) atoms. The number of nitrogens with one attached hydrogen (secondary N) is 1. The van der Waals surface area contributed by atoms with E-state index in [1.54, 1.807) is 18.3 Å². The highest BCUT2D eigenvalue weighted by Crippen LogP contribution is 2.24. The summed E-state index contributed by atoms with van der Waals surface area (Å²) in [6.45, 7) is 1.93. The predicted octanol–water partition coefficient (Wildman–Crippen LogP) is 2.26. The summed E-state index contributed by atoms with van der Waals surface area (Å²) >= 11 is 0. The van der Waals surface area contributed by atoms with Crippen LogP contribution in [0.15, 0.2) is 37.1 Å². The van der Waals surface area contributed by atoms with E-state index in [1.165, 1.54) is 19.8 Å². The van der Waals surface area contributed by atoms with Crippen LogP contribution in [0.4, 0.5) is 11.5 Å². The lowest BCUT2D eigenvalue weighted by atomic mass is 10.1. The van der Waals surface area contributed by atoms with Crippen LogP contribution in [0.25, 0.3) is 11.0 Å². The smallest absolute Gasteiger partial charge is 0.337 e. The maximum atomic E-state index is 11.6. The molecule has 0 saturated carbocycles. The molecule has 3 rings (SSSR count). The largest absolute Gasteiger partial charge is 0.465 e. The first kappa shape index (κ1) is 13.9. The van der Waals surface area contributed by atoms with Gasteiger partial charge in [-0.2, -0.15) is 0 Å². The molecule has 0 aliphatic rings. The molecule has 2 aromatic heterocycles. The summed E-state index contributed by atoms with van der Waals surface area (Å²) in [7, 11) is 1.35. The Hall–Kier alpha value is -3.09. The minimum absolute atomic E-state index is 0.391. The summed E-state index contributed by atoms with van der Waals surface area (Å²) in [5.41, 5.74) is 3.43. The van der Waals surface area contributed by atoms with Crippen LogP contribution in [0.2, 0.25) is 0 Å². The Morgan fingerprint density at radius 1 is 1.18 bits per heavy atom. The fourth-order valence-corrected chi connectivity index (χ4v) is 2.03. The third-order valence-electron chi connectivity index (χ3n) is 3.21. The normalized spacial score (nSPS) is 10.5. The Morgan fingerprint density at radius 2 is 2.05 bits per heavy atom. The van der Waals surface area contributed by atoms with Gasteiger partial charge in [0.1, 0.15) is 23.7 Å². The van der Waals surface area contributed by atoms with Gasteiger partial charge in [-0.1, -0.05) is 6.07 Å². The first-order chi connectivity index (χ1) is 10.7. The number of carbonyl (C=O) groups excluding carboxylic acids is 1. The van der Waals surface area contributed by atoms with Gasteiger partial charge in [-0.3, -0.25) is 0 Å². The number of fused-ring (bicyclic) bond motifs is 1. The van der Waals surface area contributed by atoms with E-state index in [4.69, 9.17) is 4.74 Å². The molecule has 0 atom stereocenters. The molecule has 0 amide bonds. The highest BCUT2D eigenvalue weighted by atomic mass is 16.5. The Morgan fingerprint density at radius 3 is 2.86 bits per heavy atom. The Balaban J connectivity index is 2.03. The summed E-state index contributed by atoms with van der Waals surface area (Å²) in [5, 5.41) is 3.19. The van der Waals surface area contributed by atoms with Crippen molar-refractivity contribution in [1.29, 1.82) is 0 Å². The number of carbonyl (C=O) groups is 1. The molecule has 0 fully saturated rings. The quantitative estimate of drug-likeness (QED) is 0.741. The lowest BCUT2D eigenvalue weighted by Gasteiger charge is -2.11. The second kappa shape index (κ2) is 5.72. The fourth-order valence-electron chi connectivity index (χ4n) is 2.03. The lowest BCUT2D eigenvalue weighted by Crippen LogP contribution is -2.04. The monoisotopic (exact) mass is 295 g/mol. The highest BCUT2D eigenvalue weighted by Gasteiger charge is 2.10. The van der Waals surface area contributed by atoms with E-state index in [0.29, 0.717) is 22.4 Å². The van der Waals surface area contributed by atoms with Crippen molar-refractivity contribution in [3.63, 3.8) is 0 Å². The summed E-state index contributed by atoms with van der Waals surface area (Å²) in [5.74, 6) is 0.162. The molecule has 1 aromatic carbocycles. The SMILES string of the molecule is COC(=O)c1ccc(C)c(Nc2ncnc3cncnc23)c1. The van der Waals surface area contributed by atoms with Crippen LogP contribution >= 0.6 is 0 Å². The lowest BCUT2D eigenvalue weighted by molar-refractivity contribution is 0.0601. The van der Waals surface area contributed by atoms with E-state index in [-0.39, 0.29) is 0 Å². The van der Waals surface area contributed by atoms with E-state index in [1.807, 2.05) is 13.0 Å². The third-order valence-corrected chi connectivity index (χ3v) is 3.21. The van der Waals surface area contributed by atoms with Crippen molar-refractivity contribution < 1.29 is 9.53 Å². The summed E-state index contributed by atoms with van der Waals surface area (Å²) in [4.78, 5) is 28.1. The van der Waals surface area contributed by atoms with Crippen molar-refractivity contribution in [2.45, 2.75) is 6.92 Å². The number of aromatic nitrogens is 4. The third kappa shape index (κ3) is 2.56. The second-order valence-corrected chi connectivity index (χ2v) is 4.63. The van der Waals surface area contributed by atoms with Gasteiger partial charge in [0.05, 0.1) is 18.9 Å². The van der Waals surface area contributed by atoms with Crippen LogP contribution in [0.3, 0.4) is 0 Å². The number of aryl methyl sites for hydroxylation is 1. The van der Waals surface area contributed by atoms with Crippen LogP contribution in [0.5, 0.6) is 0 Å². The van der Waals surface area contributed by atoms with Gasteiger partial charge in [-0.25, -0.2) is 24.7 Å². The van der Waals surface area contributed by atoms with Crippen LogP contribution in [-0.4, -0.2) is 33.0 Å². The first-order valence-corrected chi connectivity index (χ1v) is 6.56. The number of hydrogen-bond donors (Lipinski definition) is 1. The van der Waals surface area contributed by atoms with Crippen molar-refractivity contribution in [1.82, 2.24) is 19.9 Å². The number of methoxy groups -OCH3 is 1. The van der Waals surface area contributed by atoms with Gasteiger partial charge < -0.3 is 10.1 Å². The summed E-state index contributed by atoms with van der Waals surface area (Å²) in [6, 6.07) is 5.27. The number of esters is 1. The standard InChI is InChI=1S/C15H13N5O2/c1-9-3-4-10(15(21)22-2)5-11(9)20-14-13-12(17-8-19-14)6-16-7-18-13/h3-8H,1-2H3,(H,17,19,20). The van der Waals surface area contributed by atoms with Crippen molar-refractivity contribution >= 4 is 28.5 Å². The molecule has 0 radical (unpaired) electrons. The number of benzene rings is 1. The summed E-state index contributed by atoms with van der Waals surface area (Å²) in [6.07, 6.45) is 4.50. The molecule has 3 aromatic rings. The van der Waals surface area contributed by atoms with Crippen molar-refractivity contribution in [2.24, 2.45) is 0 Å². The fraction of sp³-hybridized carbons (Fsp3) is 0.133. The van der Waals surface area contributed by atoms with Gasteiger partial charge in [0, 0.05) is 5.69 Å². The predicted molar refractivity (Wildman–Crippen MR) is 80.9 cm³/mol. The number of hydrogen-bond acceptors (Lipinski definition) is 7. The summed E-state index contributed by atoms with van der Waals surface area (Å²) < 4.78 is 4.74. The van der Waals surface area contributed by atoms with E-state index >= 15 is 0 Å². The van der Waals surface area contributed by atoms with Gasteiger partial charge in [0.15, 0.2) is 5.82 Å². The highest BCUT2D eigenvalue weighted by molar-refractivity contribution is 5.92. The second-order valence-electron chi connectivity index (χ2n) is 4.63. The number of ether oxygens (including phenoxy) is 1. The molecule has 110 valence electrons. The Labute approximate surface area is 126 Å². The average molecular weight is 295 g/mol. The molecule has 7 heteroatoms. The van der Waals surface area contributed by atoms with Gasteiger partial charge in [0.2, 0.25) is 0 Å². The van der Waals surface area contributed by atoms with E-state index in [2.05, 4.69) is 25.3 Å². The van der Waals surface area contributed by atoms with Gasteiger partial charge in [-0.05, 0) is 24.6 Å². The molecule has 1 N–H and O–H groups in total. The molecule has 0 saturated heterocycles. The van der Waals surface area contributed by atoms with E-state index in [9.17, 15) is 4.79 Å². The van der Waals surface area contributed by atoms with Crippen molar-refractivity contribution in [2.75, 3.05) is 12.4 Å². The molecule has 7 nitrogen and oxygen atoms in total. The molecule has 2 heterocycles. The van der Waals surface area contributed by atoms with Crippen LogP contribution in [0, 0.1) is 6.92 Å². The first-order valence-electron chi connectivity index (χ1n) is 6.56. The molecular weight excluding hydrogens is 282 g/mol. The number of nitrogens with zero attached hydrogens (tertiary/aromatic N) is 4. The zero-order valence-corrected chi connectivity index (χ0v) is 12.1. The molecule has 0 bridgehead atoms. The van der Waals surface area contributed by atoms with Crippen molar-refractivity contribution in [3.8, 4) is 0 Å². The average Bonchev–Trinajstić information content (AvgIpc) is 2.56. The van der Waals surface area contributed by atoms with Crippen molar-refractivity contribution in [3.05, 3.63) is 48.2 Å². The van der Waals surface area contributed by atoms with E-state index < -0.39 is 5.97 Å². The maximum Gasteiger partial charge on any atom is 0.337 e. The van der Waals surface area contributed by atoms with Gasteiger partial charge >= 0.3 is 5.97 Å². The molecule has 0 spiro atoms. The zero-order valence-electron chi connectivity index (χ0n) is 12.1. The van der Waals surface area contributed by atoms with E-state index in [0.717, 1.165) is 11.3 Å². The van der Waals surface area contributed by atoms with Gasteiger partial charge in [-0.15, -0.1) is 0 Å². The molecular formula is C15H13N5O2.